The summed E-state index contributed by atoms with van der Waals surface area (Å²) in [5.74, 6) is 1.00. The summed E-state index contributed by atoms with van der Waals surface area (Å²) in [7, 11) is 0. The molecule has 5 rings (SSSR count). The number of benzene rings is 2. The number of ether oxygens (including phenoxy) is 4. The quantitative estimate of drug-likeness (QED) is 0.301. The number of nitrogens with zero attached hydrogens (tertiary/aromatic N) is 2. The Morgan fingerprint density at radius 3 is 2.36 bits per heavy atom. The van der Waals surface area contributed by atoms with Gasteiger partial charge in [0.15, 0.2) is 13.0 Å². The standard InChI is InChI=1S/C31H43FN2O5/c1-24(2)22-38-28-10-6-26(7-11-28)21-34(35)23-39-31(29(34)20-25-4-8-27(32)9-5-25)13-16-33(17-14-31)15-12-30-36-18-3-19-37-30/h4-11,24,29-30H,3,12-23H2,1-2H3. The number of hydrogen-bond acceptors (Lipinski definition) is 6. The first kappa shape index (κ1) is 28.5. The second-order valence-electron chi connectivity index (χ2n) is 11.8. The smallest absolute Gasteiger partial charge is 0.184 e. The number of piperidine rings is 1. The lowest BCUT2D eigenvalue weighted by molar-refractivity contribution is -0.914. The van der Waals surface area contributed by atoms with Crippen LogP contribution in [-0.4, -0.2) is 73.7 Å². The molecule has 8 heteroatoms. The Morgan fingerprint density at radius 2 is 1.69 bits per heavy atom. The fourth-order valence-corrected chi connectivity index (χ4v) is 6.09. The first-order chi connectivity index (χ1) is 18.8. The van der Waals surface area contributed by atoms with Gasteiger partial charge in [-0.1, -0.05) is 26.0 Å². The molecule has 3 heterocycles. The number of hydroxylamine groups is 3. The van der Waals surface area contributed by atoms with Gasteiger partial charge in [0.2, 0.25) is 0 Å². The molecule has 3 aliphatic heterocycles. The molecule has 0 aromatic heterocycles. The minimum Gasteiger partial charge on any atom is -0.631 e. The van der Waals surface area contributed by atoms with Crippen molar-refractivity contribution in [3.8, 4) is 5.75 Å². The Balaban J connectivity index is 1.27. The molecule has 0 saturated carbocycles. The van der Waals surface area contributed by atoms with E-state index in [1.165, 1.54) is 12.1 Å². The first-order valence-corrected chi connectivity index (χ1v) is 14.5. The van der Waals surface area contributed by atoms with Crippen molar-refractivity contribution in [2.75, 3.05) is 46.2 Å². The average Bonchev–Trinajstić information content (AvgIpc) is 3.20. The lowest BCUT2D eigenvalue weighted by atomic mass is 9.80. The van der Waals surface area contributed by atoms with Gasteiger partial charge in [-0.05, 0) is 67.1 Å². The van der Waals surface area contributed by atoms with Gasteiger partial charge in [0, 0.05) is 38.0 Å². The van der Waals surface area contributed by atoms with Crippen molar-refractivity contribution in [3.63, 3.8) is 0 Å². The maximum absolute atomic E-state index is 14.5. The van der Waals surface area contributed by atoms with Gasteiger partial charge in [-0.2, -0.15) is 0 Å². The molecule has 3 fully saturated rings. The molecule has 3 aliphatic rings. The Hall–Kier alpha value is -2.07. The predicted molar refractivity (Wildman–Crippen MR) is 147 cm³/mol. The topological polar surface area (TPSA) is 63.2 Å². The van der Waals surface area contributed by atoms with E-state index in [1.807, 2.05) is 24.3 Å². The van der Waals surface area contributed by atoms with Crippen LogP contribution < -0.4 is 4.74 Å². The molecule has 0 aliphatic carbocycles. The summed E-state index contributed by atoms with van der Waals surface area (Å²) in [6.45, 7) is 9.54. The molecule has 2 aromatic carbocycles. The first-order valence-electron chi connectivity index (χ1n) is 14.5. The van der Waals surface area contributed by atoms with Crippen LogP contribution in [0.2, 0.25) is 0 Å². The van der Waals surface area contributed by atoms with Crippen molar-refractivity contribution in [2.45, 2.75) is 70.4 Å². The van der Waals surface area contributed by atoms with Crippen LogP contribution in [0.5, 0.6) is 5.75 Å². The van der Waals surface area contributed by atoms with Crippen molar-refractivity contribution < 1.29 is 28.0 Å². The van der Waals surface area contributed by atoms with Crippen LogP contribution in [0.3, 0.4) is 0 Å². The maximum Gasteiger partial charge on any atom is 0.184 e. The maximum atomic E-state index is 14.5. The van der Waals surface area contributed by atoms with E-state index in [2.05, 4.69) is 18.7 Å². The number of likely N-dealkylation sites (tertiary alicyclic amines) is 1. The molecule has 0 radical (unpaired) electrons. The Kier molecular flexibility index (Phi) is 9.21. The molecule has 3 saturated heterocycles. The third kappa shape index (κ3) is 7.17. The fourth-order valence-electron chi connectivity index (χ4n) is 6.09. The van der Waals surface area contributed by atoms with Crippen LogP contribution in [0.1, 0.15) is 50.7 Å². The summed E-state index contributed by atoms with van der Waals surface area (Å²) < 4.78 is 37.0. The van der Waals surface area contributed by atoms with Gasteiger partial charge in [0.25, 0.3) is 0 Å². The number of quaternary nitrogens is 1. The molecule has 2 atom stereocenters. The van der Waals surface area contributed by atoms with Gasteiger partial charge in [-0.3, -0.25) is 0 Å². The van der Waals surface area contributed by atoms with Crippen molar-refractivity contribution >= 4 is 0 Å². The zero-order valence-electron chi connectivity index (χ0n) is 23.4. The Morgan fingerprint density at radius 1 is 1.03 bits per heavy atom. The fraction of sp³-hybridized carbons (Fsp3) is 0.613. The van der Waals surface area contributed by atoms with Gasteiger partial charge in [-0.15, -0.1) is 0 Å². The van der Waals surface area contributed by atoms with Crippen LogP contribution in [0.25, 0.3) is 0 Å². The van der Waals surface area contributed by atoms with Crippen LogP contribution in [0, 0.1) is 16.9 Å². The van der Waals surface area contributed by atoms with Gasteiger partial charge >= 0.3 is 0 Å². The second kappa shape index (κ2) is 12.6. The highest BCUT2D eigenvalue weighted by molar-refractivity contribution is 5.27. The summed E-state index contributed by atoms with van der Waals surface area (Å²) >= 11 is 0. The third-order valence-electron chi connectivity index (χ3n) is 8.32. The summed E-state index contributed by atoms with van der Waals surface area (Å²) in [6, 6.07) is 14.2. The molecule has 2 unspecified atom stereocenters. The van der Waals surface area contributed by atoms with Gasteiger partial charge in [0.1, 0.15) is 29.8 Å². The van der Waals surface area contributed by atoms with E-state index in [1.54, 1.807) is 12.1 Å². The average molecular weight is 543 g/mol. The molecule has 7 nitrogen and oxygen atoms in total. The van der Waals surface area contributed by atoms with Gasteiger partial charge in [0.05, 0.1) is 19.8 Å². The van der Waals surface area contributed by atoms with E-state index >= 15 is 0 Å². The highest BCUT2D eigenvalue weighted by Gasteiger charge is 2.56. The highest BCUT2D eigenvalue weighted by atomic mass is 19.1. The zero-order valence-corrected chi connectivity index (χ0v) is 23.4. The van der Waals surface area contributed by atoms with Crippen LogP contribution in [-0.2, 0) is 27.2 Å². The molecule has 214 valence electrons. The molecule has 39 heavy (non-hydrogen) atoms. The highest BCUT2D eigenvalue weighted by Crippen LogP contribution is 2.44. The third-order valence-corrected chi connectivity index (χ3v) is 8.32. The predicted octanol–water partition coefficient (Wildman–Crippen LogP) is 5.26. The van der Waals surface area contributed by atoms with Crippen LogP contribution >= 0.6 is 0 Å². The number of halogens is 1. The van der Waals surface area contributed by atoms with E-state index in [9.17, 15) is 9.60 Å². The number of rotatable bonds is 10. The van der Waals surface area contributed by atoms with E-state index in [0.717, 1.165) is 75.4 Å². The minimum atomic E-state index is -0.495. The Labute approximate surface area is 232 Å². The van der Waals surface area contributed by atoms with E-state index in [0.29, 0.717) is 25.5 Å². The molecule has 0 N–H and O–H groups in total. The monoisotopic (exact) mass is 542 g/mol. The molecular formula is C31H43FN2O5. The second-order valence-corrected chi connectivity index (χ2v) is 11.8. The lowest BCUT2D eigenvalue weighted by Crippen LogP contribution is -2.58. The lowest BCUT2D eigenvalue weighted by Gasteiger charge is -2.48. The van der Waals surface area contributed by atoms with Gasteiger partial charge < -0.3 is 33.7 Å². The van der Waals surface area contributed by atoms with E-state index in [4.69, 9.17) is 18.9 Å². The van der Waals surface area contributed by atoms with Crippen LogP contribution in [0.15, 0.2) is 48.5 Å². The normalized spacial score (nSPS) is 25.9. The molecule has 2 aromatic rings. The van der Waals surface area contributed by atoms with Crippen molar-refractivity contribution in [1.82, 2.24) is 4.90 Å². The van der Waals surface area contributed by atoms with E-state index in [-0.39, 0.29) is 24.9 Å². The van der Waals surface area contributed by atoms with Crippen molar-refractivity contribution in [2.24, 2.45) is 5.92 Å². The summed E-state index contributed by atoms with van der Waals surface area (Å²) in [5.41, 5.74) is 1.44. The van der Waals surface area contributed by atoms with Gasteiger partial charge in [-0.25, -0.2) is 4.39 Å². The van der Waals surface area contributed by atoms with Crippen LogP contribution in [0.4, 0.5) is 4.39 Å². The zero-order chi connectivity index (χ0) is 27.3. The summed E-state index contributed by atoms with van der Waals surface area (Å²) in [4.78, 5) is 2.43. The molecule has 0 bridgehead atoms. The van der Waals surface area contributed by atoms with Crippen molar-refractivity contribution in [3.05, 3.63) is 70.7 Å². The molecule has 0 amide bonds. The largest absolute Gasteiger partial charge is 0.631 e. The number of hydrogen-bond donors (Lipinski definition) is 0. The summed E-state index contributed by atoms with van der Waals surface area (Å²) in [5, 5.41) is 14.5. The minimum absolute atomic E-state index is 0.114. The Bertz CT molecular complexity index is 1040. The molecular weight excluding hydrogens is 499 g/mol. The van der Waals surface area contributed by atoms with Crippen molar-refractivity contribution in [1.29, 1.82) is 0 Å². The summed E-state index contributed by atoms with van der Waals surface area (Å²) in [6.07, 6.45) is 3.86. The molecule has 1 spiro atoms. The van der Waals surface area contributed by atoms with E-state index < -0.39 is 10.2 Å². The SMILES string of the molecule is CC(C)COc1ccc(C[N+]2([O-])COC3(CCN(CCC4OCCCO4)CC3)C2Cc2ccc(F)cc2)cc1.